The van der Waals surface area contributed by atoms with Crippen LogP contribution < -0.4 is 5.73 Å². The van der Waals surface area contributed by atoms with Gasteiger partial charge in [0.1, 0.15) is 0 Å². The van der Waals surface area contributed by atoms with Crippen LogP contribution in [0.1, 0.15) is 50.0 Å². The molecule has 2 fully saturated rings. The van der Waals surface area contributed by atoms with Gasteiger partial charge in [-0.05, 0) is 67.9 Å². The first-order valence-electron chi connectivity index (χ1n) is 6.98. The highest BCUT2D eigenvalue weighted by Gasteiger charge is 2.39. The van der Waals surface area contributed by atoms with Crippen molar-refractivity contribution in [3.8, 4) is 0 Å². The Morgan fingerprint density at radius 2 is 2.06 bits per heavy atom. The number of pyridine rings is 1. The minimum atomic E-state index is 0.486. The molecule has 2 atom stereocenters. The molecular formula is C15H22N2. The van der Waals surface area contributed by atoms with Crippen molar-refractivity contribution >= 4 is 0 Å². The summed E-state index contributed by atoms with van der Waals surface area (Å²) >= 11 is 0. The molecule has 2 heteroatoms. The molecule has 17 heavy (non-hydrogen) atoms. The highest BCUT2D eigenvalue weighted by atomic mass is 14.6. The molecule has 1 aromatic heterocycles. The van der Waals surface area contributed by atoms with Crippen LogP contribution in [0.25, 0.3) is 0 Å². The van der Waals surface area contributed by atoms with Gasteiger partial charge in [-0.25, -0.2) is 0 Å². The highest BCUT2D eigenvalue weighted by Crippen LogP contribution is 2.51. The molecule has 0 radical (unpaired) electrons. The Hall–Kier alpha value is -0.890. The van der Waals surface area contributed by atoms with Gasteiger partial charge in [-0.2, -0.15) is 0 Å². The van der Waals surface area contributed by atoms with Gasteiger partial charge in [0.15, 0.2) is 0 Å². The zero-order valence-corrected chi connectivity index (χ0v) is 10.4. The van der Waals surface area contributed by atoms with E-state index in [1.165, 1.54) is 44.1 Å². The number of nitrogens with zero attached hydrogens (tertiary/aromatic N) is 1. The molecule has 3 rings (SSSR count). The summed E-state index contributed by atoms with van der Waals surface area (Å²) < 4.78 is 0. The summed E-state index contributed by atoms with van der Waals surface area (Å²) in [6.07, 6.45) is 11.9. The van der Waals surface area contributed by atoms with Gasteiger partial charge < -0.3 is 5.73 Å². The maximum Gasteiger partial charge on any atom is 0.0302 e. The molecule has 2 aliphatic carbocycles. The first-order chi connectivity index (χ1) is 8.33. The van der Waals surface area contributed by atoms with E-state index in [4.69, 9.17) is 5.73 Å². The van der Waals surface area contributed by atoms with Crippen molar-refractivity contribution in [1.29, 1.82) is 0 Å². The van der Waals surface area contributed by atoms with Gasteiger partial charge in [0.25, 0.3) is 0 Å². The molecule has 1 aromatic rings. The summed E-state index contributed by atoms with van der Waals surface area (Å²) in [5, 5.41) is 0. The van der Waals surface area contributed by atoms with Crippen molar-refractivity contribution in [3.63, 3.8) is 0 Å². The van der Waals surface area contributed by atoms with Crippen LogP contribution in [0.2, 0.25) is 0 Å². The van der Waals surface area contributed by atoms with Gasteiger partial charge >= 0.3 is 0 Å². The molecule has 1 unspecified atom stereocenters. The summed E-state index contributed by atoms with van der Waals surface area (Å²) in [5.74, 6) is 2.68. The minimum absolute atomic E-state index is 0.486. The van der Waals surface area contributed by atoms with E-state index in [0.29, 0.717) is 6.04 Å². The maximum atomic E-state index is 5.95. The normalized spacial score (nSPS) is 36.8. The second kappa shape index (κ2) is 4.77. The van der Waals surface area contributed by atoms with Crippen molar-refractivity contribution in [2.24, 2.45) is 17.6 Å². The van der Waals surface area contributed by atoms with Crippen LogP contribution in [-0.4, -0.2) is 11.0 Å². The van der Waals surface area contributed by atoms with Crippen molar-refractivity contribution in [2.45, 2.75) is 50.5 Å². The first kappa shape index (κ1) is 11.2. The number of nitrogens with two attached hydrogens (primary N) is 1. The Morgan fingerprint density at radius 3 is 2.76 bits per heavy atom. The SMILES string of the molecule is NC1CCC(C[C@H]2CC2c2cccnc2)CC1. The van der Waals surface area contributed by atoms with E-state index >= 15 is 0 Å². The van der Waals surface area contributed by atoms with E-state index in [0.717, 1.165) is 17.8 Å². The lowest BCUT2D eigenvalue weighted by Crippen LogP contribution is -2.26. The fraction of sp³-hybridized carbons (Fsp3) is 0.667. The summed E-state index contributed by atoms with van der Waals surface area (Å²) in [4.78, 5) is 4.22. The van der Waals surface area contributed by atoms with E-state index in [2.05, 4.69) is 17.1 Å². The van der Waals surface area contributed by atoms with E-state index in [1.807, 2.05) is 12.4 Å². The van der Waals surface area contributed by atoms with Crippen LogP contribution >= 0.6 is 0 Å². The molecule has 2 aliphatic rings. The molecule has 2 N–H and O–H groups in total. The first-order valence-corrected chi connectivity index (χ1v) is 6.98. The third-order valence-electron chi connectivity index (χ3n) is 4.56. The Kier molecular flexibility index (Phi) is 3.15. The Balaban J connectivity index is 1.49. The second-order valence-corrected chi connectivity index (χ2v) is 5.91. The van der Waals surface area contributed by atoms with Crippen LogP contribution in [0.15, 0.2) is 24.5 Å². The maximum absolute atomic E-state index is 5.95. The molecule has 2 saturated carbocycles. The average molecular weight is 230 g/mol. The van der Waals surface area contributed by atoms with Crippen LogP contribution in [0.4, 0.5) is 0 Å². The minimum Gasteiger partial charge on any atom is -0.328 e. The van der Waals surface area contributed by atoms with E-state index < -0.39 is 0 Å². The van der Waals surface area contributed by atoms with Crippen molar-refractivity contribution in [2.75, 3.05) is 0 Å². The van der Waals surface area contributed by atoms with E-state index in [9.17, 15) is 0 Å². The quantitative estimate of drug-likeness (QED) is 0.866. The number of hydrogen-bond acceptors (Lipinski definition) is 2. The van der Waals surface area contributed by atoms with Gasteiger partial charge in [0.05, 0.1) is 0 Å². The van der Waals surface area contributed by atoms with E-state index in [1.54, 1.807) is 0 Å². The zero-order valence-electron chi connectivity index (χ0n) is 10.4. The molecule has 0 amide bonds. The lowest BCUT2D eigenvalue weighted by molar-refractivity contribution is 0.298. The number of rotatable bonds is 3. The third-order valence-corrected chi connectivity index (χ3v) is 4.56. The molecule has 1 heterocycles. The summed E-state index contributed by atoms with van der Waals surface area (Å²) in [6.45, 7) is 0. The average Bonchev–Trinajstić information content (AvgIpc) is 3.13. The van der Waals surface area contributed by atoms with Gasteiger partial charge in [-0.15, -0.1) is 0 Å². The van der Waals surface area contributed by atoms with Crippen molar-refractivity contribution in [1.82, 2.24) is 4.98 Å². The molecule has 0 saturated heterocycles. The summed E-state index contributed by atoms with van der Waals surface area (Å²) in [5.41, 5.74) is 7.40. The summed E-state index contributed by atoms with van der Waals surface area (Å²) in [6, 6.07) is 4.78. The topological polar surface area (TPSA) is 38.9 Å². The van der Waals surface area contributed by atoms with Gasteiger partial charge in [-0.1, -0.05) is 6.07 Å². The Labute approximate surface area is 104 Å². The molecule has 0 aromatic carbocycles. The Bertz CT molecular complexity index is 354. The molecule has 92 valence electrons. The molecule has 0 aliphatic heterocycles. The van der Waals surface area contributed by atoms with Crippen LogP contribution in [0.5, 0.6) is 0 Å². The number of aromatic nitrogens is 1. The van der Waals surface area contributed by atoms with Crippen molar-refractivity contribution in [3.05, 3.63) is 30.1 Å². The lowest BCUT2D eigenvalue weighted by atomic mass is 9.83. The highest BCUT2D eigenvalue weighted by molar-refractivity contribution is 5.22. The van der Waals surface area contributed by atoms with Crippen LogP contribution in [0, 0.1) is 11.8 Å². The Morgan fingerprint density at radius 1 is 1.24 bits per heavy atom. The van der Waals surface area contributed by atoms with Crippen LogP contribution in [-0.2, 0) is 0 Å². The van der Waals surface area contributed by atoms with E-state index in [-0.39, 0.29) is 0 Å². The molecule has 0 bridgehead atoms. The monoisotopic (exact) mass is 230 g/mol. The predicted molar refractivity (Wildman–Crippen MR) is 69.6 cm³/mol. The third kappa shape index (κ3) is 2.68. The van der Waals surface area contributed by atoms with Crippen LogP contribution in [0.3, 0.4) is 0 Å². The second-order valence-electron chi connectivity index (χ2n) is 5.91. The summed E-state index contributed by atoms with van der Waals surface area (Å²) in [7, 11) is 0. The lowest BCUT2D eigenvalue weighted by Gasteiger charge is -2.26. The smallest absolute Gasteiger partial charge is 0.0302 e. The predicted octanol–water partition coefficient (Wildman–Crippen LogP) is 3.09. The number of hydrogen-bond donors (Lipinski definition) is 1. The standard InChI is InChI=1S/C15H22N2/c16-14-5-3-11(4-6-14)8-13-9-15(13)12-2-1-7-17-10-12/h1-2,7,10-11,13-15H,3-6,8-9,16H2/t11?,13-,14?,15?/m0/s1. The molecular weight excluding hydrogens is 208 g/mol. The van der Waals surface area contributed by atoms with Gasteiger partial charge in [-0.3, -0.25) is 4.98 Å². The zero-order chi connectivity index (χ0) is 11.7. The molecule has 0 spiro atoms. The largest absolute Gasteiger partial charge is 0.328 e. The fourth-order valence-corrected chi connectivity index (χ4v) is 3.36. The molecule has 2 nitrogen and oxygen atoms in total. The van der Waals surface area contributed by atoms with Gasteiger partial charge in [0.2, 0.25) is 0 Å². The fourth-order valence-electron chi connectivity index (χ4n) is 3.36. The van der Waals surface area contributed by atoms with Crippen molar-refractivity contribution < 1.29 is 0 Å². The van der Waals surface area contributed by atoms with Gasteiger partial charge in [0, 0.05) is 18.4 Å².